The number of Topliss-reactive ketones (excluding diaryl/α,β-unsaturated/α-hetero) is 1. The summed E-state index contributed by atoms with van der Waals surface area (Å²) in [5.74, 6) is 0.122. The number of benzene rings is 1. The number of phenols is 1. The minimum Gasteiger partial charge on any atom is -0.507 e. The average molecular weight is 188 g/mol. The fraction of sp³-hybridized carbons (Fsp3) is 0.0833. The van der Waals surface area contributed by atoms with Crippen LogP contribution in [0.15, 0.2) is 42.5 Å². The Morgan fingerprint density at radius 1 is 1.43 bits per heavy atom. The monoisotopic (exact) mass is 188 g/mol. The van der Waals surface area contributed by atoms with Gasteiger partial charge in [-0.3, -0.25) is 4.79 Å². The lowest BCUT2D eigenvalue weighted by atomic mass is 10.1. The number of allylic oxidation sites excluding steroid dienone is 2. The predicted molar refractivity (Wildman–Crippen MR) is 57.0 cm³/mol. The van der Waals surface area contributed by atoms with Crippen molar-refractivity contribution in [2.24, 2.45) is 0 Å². The second kappa shape index (κ2) is 4.42. The largest absolute Gasteiger partial charge is 0.507 e. The molecule has 1 N–H and O–H groups in total. The van der Waals surface area contributed by atoms with E-state index in [1.807, 2.05) is 6.07 Å². The van der Waals surface area contributed by atoms with Crippen LogP contribution in [-0.4, -0.2) is 10.9 Å². The molecule has 0 unspecified atom stereocenters. The lowest BCUT2D eigenvalue weighted by molar-refractivity contribution is -0.113. The van der Waals surface area contributed by atoms with E-state index in [9.17, 15) is 9.90 Å². The molecule has 1 aromatic rings. The van der Waals surface area contributed by atoms with Crippen molar-refractivity contribution in [3.8, 4) is 5.75 Å². The van der Waals surface area contributed by atoms with E-state index in [1.165, 1.54) is 6.92 Å². The minimum atomic E-state index is -0.0725. The predicted octanol–water partition coefficient (Wildman–Crippen LogP) is 2.55. The highest BCUT2D eigenvalue weighted by Gasteiger charge is 1.96. The van der Waals surface area contributed by atoms with E-state index >= 15 is 0 Å². The van der Waals surface area contributed by atoms with Crippen molar-refractivity contribution < 1.29 is 9.90 Å². The van der Waals surface area contributed by atoms with Crippen LogP contribution in [0.5, 0.6) is 5.75 Å². The van der Waals surface area contributed by atoms with Crippen LogP contribution in [0.3, 0.4) is 0 Å². The normalized spacial score (nSPS) is 10.4. The molecule has 72 valence electrons. The molecule has 0 spiro atoms. The van der Waals surface area contributed by atoms with Gasteiger partial charge in [0.2, 0.25) is 0 Å². The molecule has 0 aliphatic rings. The van der Waals surface area contributed by atoms with Gasteiger partial charge in [0.15, 0.2) is 5.78 Å². The van der Waals surface area contributed by atoms with Gasteiger partial charge in [-0.1, -0.05) is 36.9 Å². The van der Waals surface area contributed by atoms with Crippen LogP contribution in [0.25, 0.3) is 6.08 Å². The summed E-state index contributed by atoms with van der Waals surface area (Å²) in [7, 11) is 0. The average Bonchev–Trinajstić information content (AvgIpc) is 2.16. The molecular formula is C12H12O2. The minimum absolute atomic E-state index is 0.0725. The Balaban J connectivity index is 2.84. The summed E-state index contributed by atoms with van der Waals surface area (Å²) in [4.78, 5) is 10.8. The van der Waals surface area contributed by atoms with Crippen LogP contribution >= 0.6 is 0 Å². The fourth-order valence-corrected chi connectivity index (χ4v) is 0.936. The number of carbonyl (C=O) groups excluding carboxylic acids is 1. The van der Waals surface area contributed by atoms with Crippen LogP contribution in [0, 0.1) is 0 Å². The van der Waals surface area contributed by atoms with Gasteiger partial charge in [-0.2, -0.15) is 0 Å². The molecule has 0 aliphatic heterocycles. The Bertz CT molecular complexity index is 389. The van der Waals surface area contributed by atoms with E-state index in [1.54, 1.807) is 30.4 Å². The Hall–Kier alpha value is -1.83. The molecule has 0 radical (unpaired) electrons. The first kappa shape index (κ1) is 10.3. The van der Waals surface area contributed by atoms with Crippen LogP contribution < -0.4 is 0 Å². The van der Waals surface area contributed by atoms with E-state index in [2.05, 4.69) is 6.58 Å². The van der Waals surface area contributed by atoms with Crippen molar-refractivity contribution in [1.82, 2.24) is 0 Å². The number of aromatic hydroxyl groups is 1. The zero-order chi connectivity index (χ0) is 10.6. The van der Waals surface area contributed by atoms with Crippen LogP contribution in [0.4, 0.5) is 0 Å². The Morgan fingerprint density at radius 2 is 2.07 bits per heavy atom. The zero-order valence-electron chi connectivity index (χ0n) is 8.03. The Kier molecular flexibility index (Phi) is 3.24. The first-order chi connectivity index (χ1) is 6.61. The lowest BCUT2D eigenvalue weighted by Gasteiger charge is -1.97. The first-order valence-corrected chi connectivity index (χ1v) is 4.27. The molecule has 0 bridgehead atoms. The van der Waals surface area contributed by atoms with Gasteiger partial charge in [-0.15, -0.1) is 0 Å². The second-order valence-corrected chi connectivity index (χ2v) is 2.97. The molecule has 0 saturated carbocycles. The number of ketones is 1. The summed E-state index contributed by atoms with van der Waals surface area (Å²) in [6, 6.07) is 6.91. The molecule has 0 aliphatic carbocycles. The summed E-state index contributed by atoms with van der Waals surface area (Å²) >= 11 is 0. The first-order valence-electron chi connectivity index (χ1n) is 4.27. The summed E-state index contributed by atoms with van der Waals surface area (Å²) in [5.41, 5.74) is 1.10. The summed E-state index contributed by atoms with van der Waals surface area (Å²) < 4.78 is 0. The molecule has 0 heterocycles. The molecular weight excluding hydrogens is 176 g/mol. The fourth-order valence-electron chi connectivity index (χ4n) is 0.936. The SMILES string of the molecule is C=C(/C=C/c1ccccc1O)C(C)=O. The van der Waals surface area contributed by atoms with Gasteiger partial charge in [-0.05, 0) is 13.0 Å². The molecule has 1 aromatic carbocycles. The second-order valence-electron chi connectivity index (χ2n) is 2.97. The smallest absolute Gasteiger partial charge is 0.159 e. The highest BCUT2D eigenvalue weighted by molar-refractivity contribution is 5.96. The van der Waals surface area contributed by atoms with Gasteiger partial charge < -0.3 is 5.11 Å². The third-order valence-corrected chi connectivity index (χ3v) is 1.85. The van der Waals surface area contributed by atoms with Gasteiger partial charge in [0.25, 0.3) is 0 Å². The van der Waals surface area contributed by atoms with Gasteiger partial charge in [0.1, 0.15) is 5.75 Å². The maximum atomic E-state index is 10.8. The number of carbonyl (C=O) groups is 1. The van der Waals surface area contributed by atoms with E-state index in [4.69, 9.17) is 0 Å². The molecule has 0 aromatic heterocycles. The van der Waals surface area contributed by atoms with E-state index < -0.39 is 0 Å². The maximum absolute atomic E-state index is 10.8. The van der Waals surface area contributed by atoms with Gasteiger partial charge in [0, 0.05) is 11.1 Å². The van der Waals surface area contributed by atoms with Crippen molar-refractivity contribution in [1.29, 1.82) is 0 Å². The van der Waals surface area contributed by atoms with Crippen molar-refractivity contribution in [3.05, 3.63) is 48.1 Å². The summed E-state index contributed by atoms with van der Waals surface area (Å²) in [6.07, 6.45) is 3.26. The van der Waals surface area contributed by atoms with Crippen LogP contribution in [0.1, 0.15) is 12.5 Å². The van der Waals surface area contributed by atoms with Crippen molar-refractivity contribution in [2.75, 3.05) is 0 Å². The number of hydrogen-bond donors (Lipinski definition) is 1. The topological polar surface area (TPSA) is 37.3 Å². The maximum Gasteiger partial charge on any atom is 0.159 e. The summed E-state index contributed by atoms with van der Waals surface area (Å²) in [5, 5.41) is 9.40. The van der Waals surface area contributed by atoms with Crippen molar-refractivity contribution >= 4 is 11.9 Å². The third kappa shape index (κ3) is 2.59. The number of para-hydroxylation sites is 1. The number of rotatable bonds is 3. The van der Waals surface area contributed by atoms with E-state index in [0.29, 0.717) is 11.1 Å². The number of phenolic OH excluding ortho intramolecular Hbond substituents is 1. The molecule has 14 heavy (non-hydrogen) atoms. The highest BCUT2D eigenvalue weighted by Crippen LogP contribution is 2.17. The lowest BCUT2D eigenvalue weighted by Crippen LogP contribution is -1.89. The number of hydrogen-bond acceptors (Lipinski definition) is 2. The highest BCUT2D eigenvalue weighted by atomic mass is 16.3. The molecule has 0 saturated heterocycles. The van der Waals surface area contributed by atoms with Crippen molar-refractivity contribution in [3.63, 3.8) is 0 Å². The van der Waals surface area contributed by atoms with E-state index in [-0.39, 0.29) is 11.5 Å². The summed E-state index contributed by atoms with van der Waals surface area (Å²) in [6.45, 7) is 5.04. The molecule has 2 nitrogen and oxygen atoms in total. The molecule has 0 atom stereocenters. The Labute approximate surface area is 83.2 Å². The van der Waals surface area contributed by atoms with Crippen molar-refractivity contribution in [2.45, 2.75) is 6.92 Å². The standard InChI is InChI=1S/C12H12O2/c1-9(10(2)13)7-8-11-5-3-4-6-12(11)14/h3-8,14H,1H2,2H3/b8-7+. The van der Waals surface area contributed by atoms with E-state index in [0.717, 1.165) is 0 Å². The van der Waals surface area contributed by atoms with Gasteiger partial charge in [0.05, 0.1) is 0 Å². The van der Waals surface area contributed by atoms with Gasteiger partial charge in [-0.25, -0.2) is 0 Å². The Morgan fingerprint density at radius 3 is 2.64 bits per heavy atom. The third-order valence-electron chi connectivity index (χ3n) is 1.85. The molecule has 1 rings (SSSR count). The molecule has 0 amide bonds. The quantitative estimate of drug-likeness (QED) is 0.584. The molecule has 0 fully saturated rings. The molecule has 2 heteroatoms. The van der Waals surface area contributed by atoms with Gasteiger partial charge >= 0.3 is 0 Å². The van der Waals surface area contributed by atoms with Crippen LogP contribution in [0.2, 0.25) is 0 Å². The van der Waals surface area contributed by atoms with Crippen LogP contribution in [-0.2, 0) is 4.79 Å². The zero-order valence-corrected chi connectivity index (χ0v) is 8.03.